The van der Waals surface area contributed by atoms with E-state index in [0.29, 0.717) is 6.61 Å². The van der Waals surface area contributed by atoms with E-state index in [-0.39, 0.29) is 10.8 Å². The number of hydrogen-bond acceptors (Lipinski definition) is 1. The van der Waals surface area contributed by atoms with Gasteiger partial charge in [-0.05, 0) is 86.4 Å². The number of rotatable bonds is 8. The Morgan fingerprint density at radius 1 is 1.13 bits per heavy atom. The lowest BCUT2D eigenvalue weighted by atomic mass is 9.61. The monoisotopic (exact) mass is 414 g/mol. The van der Waals surface area contributed by atoms with Crippen molar-refractivity contribution in [2.45, 2.75) is 112 Å². The van der Waals surface area contributed by atoms with Crippen LogP contribution in [0.15, 0.2) is 23.8 Å². The second-order valence-corrected chi connectivity index (χ2v) is 12.1. The molecular formula is C29H50O. The fourth-order valence-corrected chi connectivity index (χ4v) is 7.85. The minimum Gasteiger partial charge on any atom is -0.396 e. The van der Waals surface area contributed by atoms with Gasteiger partial charge >= 0.3 is 0 Å². The quantitative estimate of drug-likeness (QED) is 0.396. The summed E-state index contributed by atoms with van der Waals surface area (Å²) in [5, 5.41) is 10.0. The predicted molar refractivity (Wildman–Crippen MR) is 130 cm³/mol. The Labute approximate surface area is 187 Å². The lowest BCUT2D eigenvalue weighted by Gasteiger charge is -2.43. The molecule has 0 heterocycles. The van der Waals surface area contributed by atoms with Gasteiger partial charge in [0.15, 0.2) is 0 Å². The molecule has 0 saturated heterocycles. The molecule has 0 aromatic heterocycles. The van der Waals surface area contributed by atoms with Crippen LogP contribution in [0.2, 0.25) is 0 Å². The molecule has 1 nitrogen and oxygen atoms in total. The second-order valence-electron chi connectivity index (χ2n) is 12.1. The van der Waals surface area contributed by atoms with E-state index >= 15 is 0 Å². The van der Waals surface area contributed by atoms with Gasteiger partial charge in [0.25, 0.3) is 0 Å². The van der Waals surface area contributed by atoms with Crippen LogP contribution in [-0.4, -0.2) is 11.7 Å². The molecule has 0 aromatic rings. The summed E-state index contributed by atoms with van der Waals surface area (Å²) in [6.45, 7) is 17.2. The Bertz CT molecular complexity index is 616. The molecule has 30 heavy (non-hydrogen) atoms. The largest absolute Gasteiger partial charge is 0.396 e. The van der Waals surface area contributed by atoms with E-state index < -0.39 is 0 Å². The first-order chi connectivity index (χ1) is 14.2. The molecule has 6 atom stereocenters. The zero-order valence-corrected chi connectivity index (χ0v) is 20.8. The molecule has 1 N–H and O–H groups in total. The van der Waals surface area contributed by atoms with Gasteiger partial charge in [-0.3, -0.25) is 0 Å². The maximum absolute atomic E-state index is 10.0. The average molecular weight is 415 g/mol. The van der Waals surface area contributed by atoms with Crippen LogP contribution in [0.4, 0.5) is 0 Å². The van der Waals surface area contributed by atoms with Crippen molar-refractivity contribution in [3.63, 3.8) is 0 Å². The van der Waals surface area contributed by atoms with Gasteiger partial charge in [-0.2, -0.15) is 0 Å². The lowest BCUT2D eigenvalue weighted by Crippen LogP contribution is -2.37. The zero-order chi connectivity index (χ0) is 21.9. The van der Waals surface area contributed by atoms with Crippen molar-refractivity contribution in [2.24, 2.45) is 40.4 Å². The number of allylic oxidation sites excluding steroid dienone is 3. The minimum atomic E-state index is 0.266. The van der Waals surface area contributed by atoms with Gasteiger partial charge in [0.2, 0.25) is 0 Å². The topological polar surface area (TPSA) is 20.2 Å². The first kappa shape index (κ1) is 24.1. The Morgan fingerprint density at radius 2 is 1.90 bits per heavy atom. The number of aliphatic hydroxyl groups is 1. The molecule has 1 heteroatoms. The van der Waals surface area contributed by atoms with Crippen LogP contribution in [0.1, 0.15) is 112 Å². The van der Waals surface area contributed by atoms with E-state index in [9.17, 15) is 5.11 Å². The molecule has 3 aliphatic rings. The molecule has 3 rings (SSSR count). The Kier molecular flexibility index (Phi) is 7.97. The molecule has 6 unspecified atom stereocenters. The molecule has 0 aromatic carbocycles. The van der Waals surface area contributed by atoms with E-state index in [2.05, 4.69) is 47.3 Å². The van der Waals surface area contributed by atoms with Crippen LogP contribution in [0, 0.1) is 40.4 Å². The molecular weight excluding hydrogens is 364 g/mol. The highest BCUT2D eigenvalue weighted by atomic mass is 16.3. The summed E-state index contributed by atoms with van der Waals surface area (Å²) in [5.74, 6) is 3.81. The highest BCUT2D eigenvalue weighted by molar-refractivity contribution is 5.31. The number of fused-ring (bicyclic) bond motifs is 1. The van der Waals surface area contributed by atoms with Crippen LogP contribution in [0.25, 0.3) is 0 Å². The molecule has 0 aliphatic heterocycles. The third-order valence-electron chi connectivity index (χ3n) is 9.87. The third kappa shape index (κ3) is 4.77. The highest BCUT2D eigenvalue weighted by Gasteiger charge is 2.51. The molecule has 0 amide bonds. The van der Waals surface area contributed by atoms with Crippen LogP contribution in [-0.2, 0) is 0 Å². The number of aliphatic hydroxyl groups excluding tert-OH is 1. The summed E-state index contributed by atoms with van der Waals surface area (Å²) in [6.07, 6.45) is 18.2. The molecule has 172 valence electrons. The molecule has 0 spiro atoms. The maximum atomic E-state index is 10.0. The van der Waals surface area contributed by atoms with E-state index in [0.717, 1.165) is 36.0 Å². The summed E-state index contributed by atoms with van der Waals surface area (Å²) in [7, 11) is 0. The van der Waals surface area contributed by atoms with Gasteiger partial charge in [-0.1, -0.05) is 84.1 Å². The first-order valence-electron chi connectivity index (χ1n) is 13.2. The van der Waals surface area contributed by atoms with Gasteiger partial charge in [-0.25, -0.2) is 0 Å². The van der Waals surface area contributed by atoms with Crippen LogP contribution in [0.3, 0.4) is 0 Å². The molecule has 0 bridgehead atoms. The fraction of sp³-hybridized carbons (Fsp3) is 0.862. The fourth-order valence-electron chi connectivity index (χ4n) is 7.85. The minimum absolute atomic E-state index is 0.266. The van der Waals surface area contributed by atoms with Crippen molar-refractivity contribution >= 4 is 0 Å². The first-order valence-corrected chi connectivity index (χ1v) is 13.2. The van der Waals surface area contributed by atoms with E-state index in [1.165, 1.54) is 76.2 Å². The predicted octanol–water partition coefficient (Wildman–Crippen LogP) is 8.34. The Morgan fingerprint density at radius 3 is 2.60 bits per heavy atom. The van der Waals surface area contributed by atoms with E-state index in [1.54, 1.807) is 5.57 Å². The van der Waals surface area contributed by atoms with Crippen LogP contribution in [0.5, 0.6) is 0 Å². The third-order valence-corrected chi connectivity index (χ3v) is 9.87. The van der Waals surface area contributed by atoms with Crippen LogP contribution >= 0.6 is 0 Å². The van der Waals surface area contributed by atoms with Crippen molar-refractivity contribution in [2.75, 3.05) is 6.61 Å². The molecule has 2 saturated carbocycles. The summed E-state index contributed by atoms with van der Waals surface area (Å²) in [4.78, 5) is 0. The van der Waals surface area contributed by atoms with Crippen molar-refractivity contribution in [3.05, 3.63) is 23.8 Å². The number of hydrogen-bond donors (Lipinski definition) is 1. The summed E-state index contributed by atoms with van der Waals surface area (Å²) >= 11 is 0. The molecule has 0 radical (unpaired) electrons. The van der Waals surface area contributed by atoms with Gasteiger partial charge in [-0.15, -0.1) is 0 Å². The van der Waals surface area contributed by atoms with Crippen molar-refractivity contribution in [3.8, 4) is 0 Å². The van der Waals surface area contributed by atoms with Gasteiger partial charge < -0.3 is 5.11 Å². The zero-order valence-electron chi connectivity index (χ0n) is 20.8. The van der Waals surface area contributed by atoms with Crippen molar-refractivity contribution < 1.29 is 5.11 Å². The average Bonchev–Trinajstić information content (AvgIpc) is 2.95. The van der Waals surface area contributed by atoms with Crippen molar-refractivity contribution in [1.82, 2.24) is 0 Å². The van der Waals surface area contributed by atoms with Gasteiger partial charge in [0.05, 0.1) is 0 Å². The van der Waals surface area contributed by atoms with E-state index in [1.807, 2.05) is 0 Å². The van der Waals surface area contributed by atoms with E-state index in [4.69, 9.17) is 0 Å². The SMILES string of the molecule is C=C1CC(C2CCC(C(C)CCCC(C)C)C2(C)CCO)CC=C2CCCCC12C. The van der Waals surface area contributed by atoms with Crippen molar-refractivity contribution in [1.29, 1.82) is 0 Å². The normalized spacial score (nSPS) is 38.3. The Balaban J connectivity index is 1.76. The molecule has 2 fully saturated rings. The standard InChI is InChI=1S/C29H50O/c1-21(2)10-9-11-22(3)26-15-16-27(29(26,6)18-19-30)24-13-14-25-12-7-8-17-28(25,5)23(4)20-24/h14,21-22,24,26-27,30H,4,7-13,15-20H2,1-3,5-6H3. The lowest BCUT2D eigenvalue weighted by molar-refractivity contribution is 0.0450. The summed E-state index contributed by atoms with van der Waals surface area (Å²) in [6, 6.07) is 0. The second kappa shape index (κ2) is 9.93. The maximum Gasteiger partial charge on any atom is 0.0436 e. The van der Waals surface area contributed by atoms with Crippen LogP contribution < -0.4 is 0 Å². The van der Waals surface area contributed by atoms with Gasteiger partial charge in [0.1, 0.15) is 0 Å². The molecule has 3 aliphatic carbocycles. The van der Waals surface area contributed by atoms with Gasteiger partial charge in [0, 0.05) is 12.0 Å². The highest BCUT2D eigenvalue weighted by Crippen LogP contribution is 2.59. The summed E-state index contributed by atoms with van der Waals surface area (Å²) in [5.41, 5.74) is 3.76. The smallest absolute Gasteiger partial charge is 0.0436 e. The summed E-state index contributed by atoms with van der Waals surface area (Å²) < 4.78 is 0. The Hall–Kier alpha value is -0.560.